The Morgan fingerprint density at radius 3 is 1.55 bits per heavy atom. The SMILES string of the molecule is CCN(CC)P(c1ccccc1OC)c1ccccc1OC. The van der Waals surface area contributed by atoms with Crippen LogP contribution in [0.25, 0.3) is 0 Å². The molecule has 0 heterocycles. The van der Waals surface area contributed by atoms with Gasteiger partial charge in [0.15, 0.2) is 0 Å². The fraction of sp³-hybridized carbons (Fsp3) is 0.333. The van der Waals surface area contributed by atoms with Gasteiger partial charge >= 0.3 is 0 Å². The number of hydrogen-bond donors (Lipinski definition) is 0. The summed E-state index contributed by atoms with van der Waals surface area (Å²) in [6.07, 6.45) is 0. The van der Waals surface area contributed by atoms with Crippen LogP contribution in [0.1, 0.15) is 13.8 Å². The van der Waals surface area contributed by atoms with E-state index in [1.807, 2.05) is 24.3 Å². The molecule has 0 radical (unpaired) electrons. The molecule has 22 heavy (non-hydrogen) atoms. The fourth-order valence-corrected chi connectivity index (χ4v) is 5.19. The Bertz CT molecular complexity index is 552. The predicted molar refractivity (Wildman–Crippen MR) is 95.1 cm³/mol. The fourth-order valence-electron chi connectivity index (χ4n) is 2.55. The zero-order valence-corrected chi connectivity index (χ0v) is 14.6. The Kier molecular flexibility index (Phi) is 6.23. The van der Waals surface area contributed by atoms with Crippen molar-refractivity contribution in [3.8, 4) is 11.5 Å². The van der Waals surface area contributed by atoms with Crippen molar-refractivity contribution >= 4 is 18.7 Å². The highest BCUT2D eigenvalue weighted by molar-refractivity contribution is 7.71. The summed E-state index contributed by atoms with van der Waals surface area (Å²) in [6.45, 7) is 6.37. The lowest BCUT2D eigenvalue weighted by Gasteiger charge is -2.32. The third-order valence-corrected chi connectivity index (χ3v) is 6.42. The van der Waals surface area contributed by atoms with E-state index in [0.29, 0.717) is 0 Å². The van der Waals surface area contributed by atoms with Crippen molar-refractivity contribution in [3.05, 3.63) is 48.5 Å². The Balaban J connectivity index is 2.61. The maximum atomic E-state index is 5.61. The molecule has 118 valence electrons. The molecule has 2 aromatic carbocycles. The minimum absolute atomic E-state index is 0.684. The first kappa shape index (κ1) is 16.8. The van der Waals surface area contributed by atoms with E-state index in [2.05, 4.69) is 42.8 Å². The molecular weight excluding hydrogens is 293 g/mol. The van der Waals surface area contributed by atoms with E-state index in [9.17, 15) is 0 Å². The summed E-state index contributed by atoms with van der Waals surface area (Å²) in [6, 6.07) is 16.6. The van der Waals surface area contributed by atoms with Crippen LogP contribution in [-0.4, -0.2) is 32.0 Å². The van der Waals surface area contributed by atoms with Crippen molar-refractivity contribution in [3.63, 3.8) is 0 Å². The summed E-state index contributed by atoms with van der Waals surface area (Å²) in [7, 11) is 2.78. The molecule has 2 aromatic rings. The van der Waals surface area contributed by atoms with Crippen LogP contribution in [0.3, 0.4) is 0 Å². The molecule has 0 aliphatic carbocycles. The van der Waals surface area contributed by atoms with Crippen molar-refractivity contribution in [1.82, 2.24) is 4.67 Å². The van der Waals surface area contributed by atoms with Crippen LogP contribution in [0.4, 0.5) is 0 Å². The Labute approximate surface area is 134 Å². The number of nitrogens with zero attached hydrogens (tertiary/aromatic N) is 1. The second-order valence-electron chi connectivity index (χ2n) is 4.79. The second-order valence-corrected chi connectivity index (χ2v) is 6.95. The number of hydrogen-bond acceptors (Lipinski definition) is 3. The van der Waals surface area contributed by atoms with E-state index in [0.717, 1.165) is 24.6 Å². The summed E-state index contributed by atoms with van der Waals surface area (Å²) in [5.74, 6) is 1.87. The lowest BCUT2D eigenvalue weighted by Crippen LogP contribution is -2.29. The van der Waals surface area contributed by atoms with Gasteiger partial charge in [-0.3, -0.25) is 4.67 Å². The highest BCUT2D eigenvalue weighted by Crippen LogP contribution is 2.43. The standard InChI is InChI=1S/C18H24NO2P/c1-5-19(6-2)22(17-13-9-7-11-15(17)20-3)18-14-10-8-12-16(18)21-4/h7-14H,5-6H2,1-4H3. The van der Waals surface area contributed by atoms with Crippen molar-refractivity contribution in [2.75, 3.05) is 27.3 Å². The molecular formula is C18H24NO2P. The summed E-state index contributed by atoms with van der Waals surface area (Å²) in [5.41, 5.74) is 0. The Morgan fingerprint density at radius 2 is 1.18 bits per heavy atom. The maximum absolute atomic E-state index is 5.61. The molecule has 2 rings (SSSR count). The first-order valence-electron chi connectivity index (χ1n) is 7.57. The van der Waals surface area contributed by atoms with Gasteiger partial charge < -0.3 is 9.47 Å². The van der Waals surface area contributed by atoms with Gasteiger partial charge in [0.05, 0.1) is 14.2 Å². The monoisotopic (exact) mass is 317 g/mol. The van der Waals surface area contributed by atoms with Gasteiger partial charge in [0.25, 0.3) is 0 Å². The lowest BCUT2D eigenvalue weighted by molar-refractivity contribution is 0.416. The number of para-hydroxylation sites is 2. The normalized spacial score (nSPS) is 11.0. The van der Waals surface area contributed by atoms with Crippen LogP contribution in [0, 0.1) is 0 Å². The Hall–Kier alpha value is -1.57. The molecule has 0 saturated heterocycles. The average Bonchev–Trinajstić information content (AvgIpc) is 2.59. The molecule has 0 atom stereocenters. The van der Waals surface area contributed by atoms with Crippen molar-refractivity contribution < 1.29 is 9.47 Å². The van der Waals surface area contributed by atoms with Gasteiger partial charge in [-0.2, -0.15) is 0 Å². The van der Waals surface area contributed by atoms with E-state index in [1.54, 1.807) is 14.2 Å². The minimum atomic E-state index is -0.684. The molecule has 0 unspecified atom stereocenters. The topological polar surface area (TPSA) is 21.7 Å². The summed E-state index contributed by atoms with van der Waals surface area (Å²) in [5, 5.41) is 2.46. The molecule has 3 nitrogen and oxygen atoms in total. The van der Waals surface area contributed by atoms with Gasteiger partial charge in [0.1, 0.15) is 11.5 Å². The molecule has 0 N–H and O–H groups in total. The van der Waals surface area contributed by atoms with Crippen LogP contribution in [0.5, 0.6) is 11.5 Å². The molecule has 0 aliphatic rings. The minimum Gasteiger partial charge on any atom is -0.496 e. The molecule has 4 heteroatoms. The number of rotatable bonds is 7. The zero-order valence-electron chi connectivity index (χ0n) is 13.7. The van der Waals surface area contributed by atoms with Gasteiger partial charge in [-0.15, -0.1) is 0 Å². The first-order valence-corrected chi connectivity index (χ1v) is 8.87. The van der Waals surface area contributed by atoms with Crippen molar-refractivity contribution in [2.24, 2.45) is 0 Å². The molecule has 0 aliphatic heterocycles. The van der Waals surface area contributed by atoms with Gasteiger partial charge in [0, 0.05) is 18.7 Å². The third-order valence-electron chi connectivity index (χ3n) is 3.64. The van der Waals surface area contributed by atoms with Gasteiger partial charge in [-0.25, -0.2) is 0 Å². The summed E-state index contributed by atoms with van der Waals surface area (Å²) in [4.78, 5) is 0. The van der Waals surface area contributed by atoms with Gasteiger partial charge in [-0.05, 0) is 37.4 Å². The third kappa shape index (κ3) is 3.43. The van der Waals surface area contributed by atoms with Crippen LogP contribution < -0.4 is 20.1 Å². The highest BCUT2D eigenvalue weighted by atomic mass is 31.1. The second kappa shape index (κ2) is 8.17. The molecule has 0 saturated carbocycles. The predicted octanol–water partition coefficient (Wildman–Crippen LogP) is 3.39. The van der Waals surface area contributed by atoms with E-state index in [-0.39, 0.29) is 0 Å². The van der Waals surface area contributed by atoms with Crippen LogP contribution in [-0.2, 0) is 0 Å². The van der Waals surface area contributed by atoms with Gasteiger partial charge in [-0.1, -0.05) is 38.1 Å². The zero-order chi connectivity index (χ0) is 15.9. The summed E-state index contributed by atoms with van der Waals surface area (Å²) >= 11 is 0. The van der Waals surface area contributed by atoms with E-state index >= 15 is 0 Å². The largest absolute Gasteiger partial charge is 0.496 e. The Morgan fingerprint density at radius 1 is 0.773 bits per heavy atom. The van der Waals surface area contributed by atoms with Gasteiger partial charge in [0.2, 0.25) is 0 Å². The average molecular weight is 317 g/mol. The maximum Gasteiger partial charge on any atom is 0.128 e. The van der Waals surface area contributed by atoms with E-state index in [1.165, 1.54) is 10.6 Å². The molecule has 0 bridgehead atoms. The molecule has 0 spiro atoms. The van der Waals surface area contributed by atoms with Crippen LogP contribution in [0.2, 0.25) is 0 Å². The summed E-state index contributed by atoms with van der Waals surface area (Å²) < 4.78 is 13.7. The smallest absolute Gasteiger partial charge is 0.128 e. The first-order chi connectivity index (χ1) is 10.8. The molecule has 0 fully saturated rings. The van der Waals surface area contributed by atoms with Crippen molar-refractivity contribution in [1.29, 1.82) is 0 Å². The van der Waals surface area contributed by atoms with E-state index in [4.69, 9.17) is 9.47 Å². The number of ether oxygens (including phenoxy) is 2. The molecule has 0 aromatic heterocycles. The van der Waals surface area contributed by atoms with Crippen LogP contribution in [0.15, 0.2) is 48.5 Å². The quantitative estimate of drug-likeness (QED) is 0.731. The lowest BCUT2D eigenvalue weighted by atomic mass is 10.3. The van der Waals surface area contributed by atoms with Crippen molar-refractivity contribution in [2.45, 2.75) is 13.8 Å². The van der Waals surface area contributed by atoms with E-state index < -0.39 is 8.07 Å². The molecule has 0 amide bonds. The number of methoxy groups -OCH3 is 2. The van der Waals surface area contributed by atoms with Crippen LogP contribution >= 0.6 is 8.07 Å². The number of benzene rings is 2. The highest BCUT2D eigenvalue weighted by Gasteiger charge is 2.25.